The average molecular weight is 304 g/mol. The highest BCUT2D eigenvalue weighted by Crippen LogP contribution is 2.28. The lowest BCUT2D eigenvalue weighted by Gasteiger charge is -2.32. The molecule has 0 amide bonds. The van der Waals surface area contributed by atoms with Crippen LogP contribution in [0.15, 0.2) is 23.1 Å². The summed E-state index contributed by atoms with van der Waals surface area (Å²) in [6.45, 7) is 2.06. The van der Waals surface area contributed by atoms with E-state index in [1.807, 2.05) is 0 Å². The fourth-order valence-corrected chi connectivity index (χ4v) is 3.74. The molecular weight excluding hydrogens is 290 g/mol. The highest BCUT2D eigenvalue weighted by atomic mass is 35.5. The Labute approximate surface area is 116 Å². The van der Waals surface area contributed by atoms with Crippen LogP contribution >= 0.6 is 11.6 Å². The van der Waals surface area contributed by atoms with E-state index in [2.05, 4.69) is 11.6 Å². The fourth-order valence-electron chi connectivity index (χ4n) is 2.12. The molecule has 0 unspecified atom stereocenters. The summed E-state index contributed by atoms with van der Waals surface area (Å²) in [7, 11) is -3.64. The first-order valence-electron chi connectivity index (χ1n) is 5.85. The van der Waals surface area contributed by atoms with Gasteiger partial charge in [0.2, 0.25) is 10.0 Å². The van der Waals surface area contributed by atoms with Crippen LogP contribution in [0.3, 0.4) is 0 Å². The van der Waals surface area contributed by atoms with Crippen LogP contribution in [-0.4, -0.2) is 25.5 Å². The monoisotopic (exact) mass is 303 g/mol. The van der Waals surface area contributed by atoms with Gasteiger partial charge in [-0.15, -0.1) is 0 Å². The van der Waals surface area contributed by atoms with E-state index in [1.165, 1.54) is 12.1 Å². The van der Waals surface area contributed by atoms with Crippen molar-refractivity contribution >= 4 is 27.6 Å². The van der Waals surface area contributed by atoms with Crippen molar-refractivity contribution in [3.05, 3.63) is 28.8 Å². The molecule has 0 radical (unpaired) electrons. The summed E-state index contributed by atoms with van der Waals surface area (Å²) < 4.78 is 26.7. The van der Waals surface area contributed by atoms with Crippen molar-refractivity contribution in [2.24, 2.45) is 5.92 Å². The van der Waals surface area contributed by atoms with Crippen molar-refractivity contribution < 1.29 is 18.3 Å². The molecular formula is C12H14ClNO4S. The molecule has 19 heavy (non-hydrogen) atoms. The van der Waals surface area contributed by atoms with Crippen LogP contribution < -0.4 is 4.72 Å². The van der Waals surface area contributed by atoms with Crippen LogP contribution in [0, 0.1) is 5.92 Å². The number of aromatic carboxylic acids is 1. The largest absolute Gasteiger partial charge is 0.478 e. The van der Waals surface area contributed by atoms with Gasteiger partial charge < -0.3 is 5.11 Å². The SMILES string of the molecule is CC1CC(NS(=O)(=O)c2ccc(C(=O)O)c(Cl)c2)C1. The van der Waals surface area contributed by atoms with Crippen molar-refractivity contribution in [1.82, 2.24) is 4.72 Å². The predicted octanol–water partition coefficient (Wildman–Crippen LogP) is 2.12. The van der Waals surface area contributed by atoms with Crippen molar-refractivity contribution in [3.8, 4) is 0 Å². The molecule has 2 N–H and O–H groups in total. The van der Waals surface area contributed by atoms with E-state index in [4.69, 9.17) is 16.7 Å². The smallest absolute Gasteiger partial charge is 0.337 e. The fraction of sp³-hybridized carbons (Fsp3) is 0.417. The van der Waals surface area contributed by atoms with Crippen molar-refractivity contribution in [1.29, 1.82) is 0 Å². The number of sulfonamides is 1. The van der Waals surface area contributed by atoms with E-state index in [-0.39, 0.29) is 21.5 Å². The lowest BCUT2D eigenvalue weighted by Crippen LogP contribution is -2.43. The molecule has 104 valence electrons. The van der Waals surface area contributed by atoms with E-state index in [0.29, 0.717) is 5.92 Å². The lowest BCUT2D eigenvalue weighted by molar-refractivity contribution is 0.0697. The van der Waals surface area contributed by atoms with Gasteiger partial charge in [-0.25, -0.2) is 17.9 Å². The summed E-state index contributed by atoms with van der Waals surface area (Å²) in [5.41, 5.74) is -0.113. The number of nitrogens with one attached hydrogen (secondary N) is 1. The highest BCUT2D eigenvalue weighted by Gasteiger charge is 2.30. The maximum atomic E-state index is 12.1. The third-order valence-corrected chi connectivity index (χ3v) is 5.01. The molecule has 1 aromatic carbocycles. The molecule has 1 aliphatic carbocycles. The van der Waals surface area contributed by atoms with Crippen molar-refractivity contribution in [2.75, 3.05) is 0 Å². The Hall–Kier alpha value is -1.11. The molecule has 1 saturated carbocycles. The second-order valence-electron chi connectivity index (χ2n) is 4.84. The van der Waals surface area contributed by atoms with E-state index in [9.17, 15) is 13.2 Å². The first kappa shape index (κ1) is 14.3. The molecule has 0 heterocycles. The Morgan fingerprint density at radius 1 is 1.42 bits per heavy atom. The quantitative estimate of drug-likeness (QED) is 0.892. The zero-order chi connectivity index (χ0) is 14.2. The maximum absolute atomic E-state index is 12.1. The highest BCUT2D eigenvalue weighted by molar-refractivity contribution is 7.89. The summed E-state index contributed by atoms with van der Waals surface area (Å²) in [6, 6.07) is 3.57. The summed E-state index contributed by atoms with van der Waals surface area (Å²) >= 11 is 5.76. The minimum atomic E-state index is -3.64. The van der Waals surface area contributed by atoms with Gasteiger partial charge >= 0.3 is 5.97 Å². The molecule has 2 rings (SSSR count). The van der Waals surface area contributed by atoms with Crippen molar-refractivity contribution in [2.45, 2.75) is 30.7 Å². The molecule has 0 aliphatic heterocycles. The molecule has 0 aromatic heterocycles. The molecule has 1 fully saturated rings. The molecule has 0 bridgehead atoms. The third-order valence-electron chi connectivity index (χ3n) is 3.18. The first-order valence-corrected chi connectivity index (χ1v) is 7.71. The number of halogens is 1. The van der Waals surface area contributed by atoms with Gasteiger partial charge in [0, 0.05) is 6.04 Å². The Bertz CT molecular complexity index is 608. The standard InChI is InChI=1S/C12H14ClNO4S/c1-7-4-8(5-7)14-19(17,18)9-2-3-10(12(15)16)11(13)6-9/h2-3,6-8,14H,4-5H2,1H3,(H,15,16). The minimum Gasteiger partial charge on any atom is -0.478 e. The summed E-state index contributed by atoms with van der Waals surface area (Å²) in [5.74, 6) is -0.652. The van der Waals surface area contributed by atoms with Crippen molar-refractivity contribution in [3.63, 3.8) is 0 Å². The Morgan fingerprint density at radius 2 is 2.05 bits per heavy atom. The molecule has 0 saturated heterocycles. The number of carbonyl (C=O) groups is 1. The van der Waals surface area contributed by atoms with Gasteiger partial charge in [0.25, 0.3) is 0 Å². The molecule has 0 atom stereocenters. The number of hydrogen-bond acceptors (Lipinski definition) is 3. The van der Waals surface area contributed by atoms with Gasteiger partial charge in [0.05, 0.1) is 15.5 Å². The molecule has 1 aromatic rings. The topological polar surface area (TPSA) is 83.5 Å². The van der Waals surface area contributed by atoms with Gasteiger partial charge in [0.15, 0.2) is 0 Å². The number of rotatable bonds is 4. The van der Waals surface area contributed by atoms with E-state index >= 15 is 0 Å². The Kier molecular flexibility index (Phi) is 3.85. The number of hydrogen-bond donors (Lipinski definition) is 2. The van der Waals surface area contributed by atoms with Crippen LogP contribution in [0.2, 0.25) is 5.02 Å². The second kappa shape index (κ2) is 5.11. The minimum absolute atomic E-state index is 0.0120. The number of carboxylic acids is 1. The van der Waals surface area contributed by atoms with Crippen LogP contribution in [0.1, 0.15) is 30.1 Å². The Balaban J connectivity index is 2.21. The zero-order valence-electron chi connectivity index (χ0n) is 10.3. The lowest BCUT2D eigenvalue weighted by atomic mass is 9.83. The predicted molar refractivity (Wildman–Crippen MR) is 70.9 cm³/mol. The normalized spacial score (nSPS) is 22.8. The zero-order valence-corrected chi connectivity index (χ0v) is 11.8. The van der Waals surface area contributed by atoms with E-state index < -0.39 is 16.0 Å². The molecule has 0 spiro atoms. The van der Waals surface area contributed by atoms with Crippen LogP contribution in [0.5, 0.6) is 0 Å². The van der Waals surface area contributed by atoms with Crippen LogP contribution in [-0.2, 0) is 10.0 Å². The van der Waals surface area contributed by atoms with Gasteiger partial charge in [-0.05, 0) is 37.0 Å². The van der Waals surface area contributed by atoms with Gasteiger partial charge in [0.1, 0.15) is 0 Å². The van der Waals surface area contributed by atoms with Gasteiger partial charge in [-0.3, -0.25) is 0 Å². The van der Waals surface area contributed by atoms with Crippen LogP contribution in [0.25, 0.3) is 0 Å². The van der Waals surface area contributed by atoms with Crippen LogP contribution in [0.4, 0.5) is 0 Å². The maximum Gasteiger partial charge on any atom is 0.337 e. The average Bonchev–Trinajstić information content (AvgIpc) is 2.26. The second-order valence-corrected chi connectivity index (χ2v) is 6.96. The third kappa shape index (κ3) is 3.08. The van der Waals surface area contributed by atoms with Gasteiger partial charge in [-0.1, -0.05) is 18.5 Å². The molecule has 1 aliphatic rings. The summed E-state index contributed by atoms with van der Waals surface area (Å²) in [4.78, 5) is 10.8. The van der Waals surface area contributed by atoms with E-state index in [0.717, 1.165) is 18.9 Å². The van der Waals surface area contributed by atoms with E-state index in [1.54, 1.807) is 0 Å². The molecule has 7 heteroatoms. The molecule has 5 nitrogen and oxygen atoms in total. The number of carboxylic acid groups (broad SMARTS) is 1. The number of benzene rings is 1. The Morgan fingerprint density at radius 3 is 2.53 bits per heavy atom. The summed E-state index contributed by atoms with van der Waals surface area (Å²) in [6.07, 6.45) is 1.64. The van der Waals surface area contributed by atoms with Gasteiger partial charge in [-0.2, -0.15) is 0 Å². The first-order chi connectivity index (χ1) is 8.79. The summed E-state index contributed by atoms with van der Waals surface area (Å²) in [5, 5.41) is 8.75.